The van der Waals surface area contributed by atoms with Gasteiger partial charge in [0.2, 0.25) is 5.95 Å². The predicted molar refractivity (Wildman–Crippen MR) is 55.0 cm³/mol. The Morgan fingerprint density at radius 1 is 1.06 bits per heavy atom. The maximum absolute atomic E-state index is 12.9. The molecular weight excluding hydrogens is 250 g/mol. The Morgan fingerprint density at radius 2 is 1.78 bits per heavy atom. The fraction of sp³-hybridized carbons (Fsp3) is 0.182. The molecule has 0 unspecified atom stereocenters. The highest BCUT2D eigenvalue weighted by Crippen LogP contribution is 2.30. The van der Waals surface area contributed by atoms with Gasteiger partial charge in [0.15, 0.2) is 0 Å². The van der Waals surface area contributed by atoms with Crippen LogP contribution < -0.4 is 0 Å². The number of halogens is 4. The van der Waals surface area contributed by atoms with Crippen LogP contribution in [0.5, 0.6) is 0 Å². The summed E-state index contributed by atoms with van der Waals surface area (Å²) in [5.74, 6) is -0.851. The molecule has 94 valence electrons. The van der Waals surface area contributed by atoms with E-state index in [-0.39, 0.29) is 17.0 Å². The molecule has 0 spiro atoms. The highest BCUT2D eigenvalue weighted by molar-refractivity contribution is 5.58. The lowest BCUT2D eigenvalue weighted by Gasteiger charge is -2.09. The summed E-state index contributed by atoms with van der Waals surface area (Å²) < 4.78 is 50.6. The van der Waals surface area contributed by atoms with E-state index in [1.165, 1.54) is 19.2 Å². The fourth-order valence-electron chi connectivity index (χ4n) is 1.44. The van der Waals surface area contributed by atoms with Crippen LogP contribution in [0.25, 0.3) is 11.3 Å². The molecule has 0 fully saturated rings. The zero-order valence-corrected chi connectivity index (χ0v) is 9.16. The number of rotatable bonds is 1. The van der Waals surface area contributed by atoms with Crippen LogP contribution >= 0.6 is 0 Å². The van der Waals surface area contributed by atoms with Gasteiger partial charge in [-0.05, 0) is 19.1 Å². The molecule has 7 heteroatoms. The van der Waals surface area contributed by atoms with Gasteiger partial charge in [-0.15, -0.1) is 0 Å². The topological polar surface area (TPSA) is 38.7 Å². The monoisotopic (exact) mass is 257 g/mol. The number of alkyl halides is 3. The summed E-state index contributed by atoms with van der Waals surface area (Å²) in [6.07, 6.45) is -2.48. The maximum Gasteiger partial charge on any atom is 0.433 e. The van der Waals surface area contributed by atoms with E-state index in [4.69, 9.17) is 0 Å². The van der Waals surface area contributed by atoms with Crippen molar-refractivity contribution in [1.82, 2.24) is 15.0 Å². The maximum atomic E-state index is 12.9. The average molecular weight is 257 g/mol. The third-order valence-corrected chi connectivity index (χ3v) is 2.14. The molecule has 0 saturated carbocycles. The van der Waals surface area contributed by atoms with Crippen molar-refractivity contribution in [3.05, 3.63) is 41.9 Å². The van der Waals surface area contributed by atoms with E-state index in [1.54, 1.807) is 0 Å². The predicted octanol–water partition coefficient (Wildman–Crippen LogP) is 3.00. The minimum Gasteiger partial charge on any atom is -0.258 e. The Hall–Kier alpha value is -2.05. The average Bonchev–Trinajstić information content (AvgIpc) is 2.27. The Labute approximate surface area is 99.5 Å². The van der Waals surface area contributed by atoms with Crippen LogP contribution in [0.2, 0.25) is 0 Å². The quantitative estimate of drug-likeness (QED) is 0.737. The standard InChI is InChI=1S/C11H7F4N3/c1-6-2-7(3-9(17-6)11(13,14)15)8-4-16-5-10(12)18-8/h2-5H,1H3. The molecule has 0 radical (unpaired) electrons. The summed E-state index contributed by atoms with van der Waals surface area (Å²) in [7, 11) is 0. The molecule has 18 heavy (non-hydrogen) atoms. The van der Waals surface area contributed by atoms with Gasteiger partial charge >= 0.3 is 6.18 Å². The first kappa shape index (κ1) is 12.4. The van der Waals surface area contributed by atoms with Crippen molar-refractivity contribution in [1.29, 1.82) is 0 Å². The van der Waals surface area contributed by atoms with Crippen LogP contribution in [0.3, 0.4) is 0 Å². The van der Waals surface area contributed by atoms with E-state index in [9.17, 15) is 17.6 Å². The van der Waals surface area contributed by atoms with Crippen molar-refractivity contribution in [3.63, 3.8) is 0 Å². The van der Waals surface area contributed by atoms with Gasteiger partial charge in [0.05, 0.1) is 18.1 Å². The second-order valence-corrected chi connectivity index (χ2v) is 3.61. The first-order valence-corrected chi connectivity index (χ1v) is 4.90. The van der Waals surface area contributed by atoms with E-state index in [2.05, 4.69) is 15.0 Å². The lowest BCUT2D eigenvalue weighted by atomic mass is 10.1. The van der Waals surface area contributed by atoms with Gasteiger partial charge < -0.3 is 0 Å². The summed E-state index contributed by atoms with van der Waals surface area (Å²) in [5, 5.41) is 0. The van der Waals surface area contributed by atoms with Crippen LogP contribution in [0, 0.1) is 12.9 Å². The van der Waals surface area contributed by atoms with Crippen molar-refractivity contribution < 1.29 is 17.6 Å². The number of aromatic nitrogens is 3. The number of nitrogens with zero attached hydrogens (tertiary/aromatic N) is 3. The zero-order valence-electron chi connectivity index (χ0n) is 9.16. The Morgan fingerprint density at radius 3 is 2.39 bits per heavy atom. The minimum absolute atomic E-state index is 0.0333. The Bertz CT molecular complexity index is 581. The molecule has 0 bridgehead atoms. The van der Waals surface area contributed by atoms with E-state index >= 15 is 0 Å². The molecule has 0 N–H and O–H groups in total. The first-order valence-electron chi connectivity index (χ1n) is 4.90. The minimum atomic E-state index is -4.55. The van der Waals surface area contributed by atoms with Crippen molar-refractivity contribution >= 4 is 0 Å². The number of hydrogen-bond acceptors (Lipinski definition) is 3. The summed E-state index contributed by atoms with van der Waals surface area (Å²) in [5.41, 5.74) is -0.706. The fourth-order valence-corrected chi connectivity index (χ4v) is 1.44. The molecule has 0 saturated heterocycles. The molecule has 2 aromatic heterocycles. The molecule has 0 atom stereocenters. The molecule has 0 amide bonds. The number of aryl methyl sites for hydroxylation is 1. The van der Waals surface area contributed by atoms with Gasteiger partial charge in [0.1, 0.15) is 5.69 Å². The summed E-state index contributed by atoms with van der Waals surface area (Å²) in [6, 6.07) is 2.20. The Balaban J connectivity index is 2.55. The normalized spacial score (nSPS) is 11.6. The van der Waals surface area contributed by atoms with Crippen LogP contribution in [0.4, 0.5) is 17.6 Å². The van der Waals surface area contributed by atoms with Gasteiger partial charge in [-0.1, -0.05) is 0 Å². The third-order valence-electron chi connectivity index (χ3n) is 2.14. The van der Waals surface area contributed by atoms with Crippen molar-refractivity contribution in [2.24, 2.45) is 0 Å². The molecule has 0 aromatic carbocycles. The largest absolute Gasteiger partial charge is 0.433 e. The first-order chi connectivity index (χ1) is 8.36. The van der Waals surface area contributed by atoms with Crippen molar-refractivity contribution in [2.75, 3.05) is 0 Å². The second-order valence-electron chi connectivity index (χ2n) is 3.61. The molecule has 3 nitrogen and oxygen atoms in total. The van der Waals surface area contributed by atoms with E-state index in [0.29, 0.717) is 0 Å². The van der Waals surface area contributed by atoms with Gasteiger partial charge in [0.25, 0.3) is 0 Å². The van der Waals surface area contributed by atoms with Gasteiger partial charge in [0, 0.05) is 11.3 Å². The highest BCUT2D eigenvalue weighted by Gasteiger charge is 2.33. The number of pyridine rings is 1. The van der Waals surface area contributed by atoms with Crippen LogP contribution in [0.1, 0.15) is 11.4 Å². The van der Waals surface area contributed by atoms with Crippen molar-refractivity contribution in [3.8, 4) is 11.3 Å². The van der Waals surface area contributed by atoms with Crippen LogP contribution in [-0.2, 0) is 6.18 Å². The third kappa shape index (κ3) is 2.61. The van der Waals surface area contributed by atoms with Gasteiger partial charge in [-0.25, -0.2) is 9.97 Å². The number of hydrogen-bond donors (Lipinski definition) is 0. The molecule has 0 aliphatic carbocycles. The van der Waals surface area contributed by atoms with Gasteiger partial charge in [-0.2, -0.15) is 17.6 Å². The van der Waals surface area contributed by atoms with E-state index < -0.39 is 17.8 Å². The SMILES string of the molecule is Cc1cc(-c2cncc(F)n2)cc(C(F)(F)F)n1. The molecule has 2 heterocycles. The smallest absolute Gasteiger partial charge is 0.258 e. The highest BCUT2D eigenvalue weighted by atomic mass is 19.4. The van der Waals surface area contributed by atoms with Crippen LogP contribution in [0.15, 0.2) is 24.5 Å². The van der Waals surface area contributed by atoms with Crippen molar-refractivity contribution in [2.45, 2.75) is 13.1 Å². The molecule has 2 aromatic rings. The summed E-state index contributed by atoms with van der Waals surface area (Å²) in [6.45, 7) is 1.42. The zero-order chi connectivity index (χ0) is 13.3. The van der Waals surface area contributed by atoms with E-state index in [1.807, 2.05) is 0 Å². The van der Waals surface area contributed by atoms with Gasteiger partial charge in [-0.3, -0.25) is 4.98 Å². The lowest BCUT2D eigenvalue weighted by Crippen LogP contribution is -2.09. The molecule has 2 rings (SSSR count). The second kappa shape index (κ2) is 4.32. The van der Waals surface area contributed by atoms with Crippen LogP contribution in [-0.4, -0.2) is 15.0 Å². The summed E-state index contributed by atoms with van der Waals surface area (Å²) >= 11 is 0. The molecule has 0 aliphatic heterocycles. The summed E-state index contributed by atoms with van der Waals surface area (Å²) in [4.78, 5) is 10.4. The lowest BCUT2D eigenvalue weighted by molar-refractivity contribution is -0.141. The Kier molecular flexibility index (Phi) is 2.98. The van der Waals surface area contributed by atoms with E-state index in [0.717, 1.165) is 12.3 Å². The molecular formula is C11H7F4N3. The molecule has 0 aliphatic rings.